The van der Waals surface area contributed by atoms with E-state index in [1.165, 1.54) is 0 Å². The predicted molar refractivity (Wildman–Crippen MR) is 72.4 cm³/mol. The molecule has 0 saturated carbocycles. The SMILES string of the molecule is CCCCOCC(O)CNCc1ccc(C)nc1. The summed E-state index contributed by atoms with van der Waals surface area (Å²) in [6, 6.07) is 4.03. The Hall–Kier alpha value is -0.970. The van der Waals surface area contributed by atoms with Gasteiger partial charge >= 0.3 is 0 Å². The number of aliphatic hydroxyl groups excluding tert-OH is 1. The number of nitrogens with zero attached hydrogens (tertiary/aromatic N) is 1. The summed E-state index contributed by atoms with van der Waals surface area (Å²) in [5.74, 6) is 0. The predicted octanol–water partition coefficient (Wildman–Crippen LogP) is 1.66. The monoisotopic (exact) mass is 252 g/mol. The van der Waals surface area contributed by atoms with Gasteiger partial charge in [-0.25, -0.2) is 0 Å². The molecule has 0 spiro atoms. The fourth-order valence-electron chi connectivity index (χ4n) is 1.51. The Labute approximate surface area is 109 Å². The van der Waals surface area contributed by atoms with Crippen molar-refractivity contribution in [3.8, 4) is 0 Å². The highest BCUT2D eigenvalue weighted by Crippen LogP contribution is 1.98. The molecule has 1 heterocycles. The van der Waals surface area contributed by atoms with E-state index < -0.39 is 6.10 Å². The van der Waals surface area contributed by atoms with Gasteiger partial charge in [0.25, 0.3) is 0 Å². The van der Waals surface area contributed by atoms with E-state index in [1.54, 1.807) is 0 Å². The number of hydrogen-bond donors (Lipinski definition) is 2. The molecule has 0 saturated heterocycles. The Morgan fingerprint density at radius 1 is 1.44 bits per heavy atom. The van der Waals surface area contributed by atoms with E-state index in [2.05, 4.69) is 17.2 Å². The Morgan fingerprint density at radius 2 is 2.28 bits per heavy atom. The lowest BCUT2D eigenvalue weighted by atomic mass is 10.2. The number of aromatic nitrogens is 1. The zero-order valence-electron chi connectivity index (χ0n) is 11.4. The van der Waals surface area contributed by atoms with E-state index in [0.717, 1.165) is 37.3 Å². The Kier molecular flexibility index (Phi) is 7.57. The molecular weight excluding hydrogens is 228 g/mol. The van der Waals surface area contributed by atoms with Gasteiger partial charge in [-0.3, -0.25) is 4.98 Å². The summed E-state index contributed by atoms with van der Waals surface area (Å²) in [5, 5.41) is 12.9. The molecule has 0 aliphatic heterocycles. The zero-order valence-corrected chi connectivity index (χ0v) is 11.4. The van der Waals surface area contributed by atoms with Crippen molar-refractivity contribution in [3.05, 3.63) is 29.6 Å². The molecule has 0 fully saturated rings. The van der Waals surface area contributed by atoms with Crippen molar-refractivity contribution in [1.29, 1.82) is 0 Å². The van der Waals surface area contributed by atoms with E-state index in [-0.39, 0.29) is 0 Å². The average molecular weight is 252 g/mol. The molecule has 0 amide bonds. The standard InChI is InChI=1S/C14H24N2O2/c1-3-4-7-18-11-14(17)10-15-8-13-6-5-12(2)16-9-13/h5-6,9,14-15,17H,3-4,7-8,10-11H2,1-2H3. The normalized spacial score (nSPS) is 12.6. The van der Waals surface area contributed by atoms with Crippen LogP contribution in [0.2, 0.25) is 0 Å². The van der Waals surface area contributed by atoms with Crippen molar-refractivity contribution >= 4 is 0 Å². The first kappa shape index (κ1) is 15.1. The molecule has 1 atom stereocenters. The molecule has 0 aromatic carbocycles. The molecule has 0 aliphatic rings. The van der Waals surface area contributed by atoms with Gasteiger partial charge in [-0.1, -0.05) is 19.4 Å². The molecule has 0 radical (unpaired) electrons. The van der Waals surface area contributed by atoms with Crippen LogP contribution >= 0.6 is 0 Å². The highest BCUT2D eigenvalue weighted by atomic mass is 16.5. The van der Waals surface area contributed by atoms with Gasteiger partial charge in [0.1, 0.15) is 0 Å². The van der Waals surface area contributed by atoms with Gasteiger partial charge in [0.05, 0.1) is 12.7 Å². The smallest absolute Gasteiger partial charge is 0.0897 e. The molecule has 0 bridgehead atoms. The molecule has 1 aromatic rings. The Balaban J connectivity index is 2.07. The Bertz CT molecular complexity index is 314. The summed E-state index contributed by atoms with van der Waals surface area (Å²) in [7, 11) is 0. The van der Waals surface area contributed by atoms with E-state index in [0.29, 0.717) is 13.2 Å². The highest BCUT2D eigenvalue weighted by Gasteiger charge is 2.03. The van der Waals surface area contributed by atoms with Gasteiger partial charge in [-0.05, 0) is 25.0 Å². The molecule has 4 nitrogen and oxygen atoms in total. The van der Waals surface area contributed by atoms with Crippen LogP contribution in [0.25, 0.3) is 0 Å². The second-order valence-corrected chi connectivity index (χ2v) is 4.52. The molecule has 2 N–H and O–H groups in total. The largest absolute Gasteiger partial charge is 0.389 e. The van der Waals surface area contributed by atoms with Crippen LogP contribution in [0.3, 0.4) is 0 Å². The van der Waals surface area contributed by atoms with E-state index in [1.807, 2.05) is 25.3 Å². The molecule has 18 heavy (non-hydrogen) atoms. The number of aliphatic hydroxyl groups is 1. The van der Waals surface area contributed by atoms with Gasteiger partial charge in [0.15, 0.2) is 0 Å². The third-order valence-corrected chi connectivity index (χ3v) is 2.63. The summed E-state index contributed by atoms with van der Waals surface area (Å²) in [4.78, 5) is 4.22. The topological polar surface area (TPSA) is 54.4 Å². The molecule has 1 unspecified atom stereocenters. The molecule has 0 aliphatic carbocycles. The third kappa shape index (κ3) is 6.69. The maximum Gasteiger partial charge on any atom is 0.0897 e. The quantitative estimate of drug-likeness (QED) is 0.656. The lowest BCUT2D eigenvalue weighted by Crippen LogP contribution is -2.30. The van der Waals surface area contributed by atoms with Crippen molar-refractivity contribution in [2.75, 3.05) is 19.8 Å². The van der Waals surface area contributed by atoms with E-state index in [9.17, 15) is 5.11 Å². The first-order chi connectivity index (χ1) is 8.72. The van der Waals surface area contributed by atoms with Crippen molar-refractivity contribution < 1.29 is 9.84 Å². The number of unbranched alkanes of at least 4 members (excludes halogenated alkanes) is 1. The van der Waals surface area contributed by atoms with Crippen LogP contribution in [0.5, 0.6) is 0 Å². The van der Waals surface area contributed by atoms with Crippen molar-refractivity contribution in [3.63, 3.8) is 0 Å². The maximum atomic E-state index is 9.67. The van der Waals surface area contributed by atoms with Crippen molar-refractivity contribution in [1.82, 2.24) is 10.3 Å². The van der Waals surface area contributed by atoms with Crippen LogP contribution in [0.15, 0.2) is 18.3 Å². The number of nitrogens with one attached hydrogen (secondary N) is 1. The van der Waals surface area contributed by atoms with Gasteiger partial charge in [-0.2, -0.15) is 0 Å². The minimum absolute atomic E-state index is 0.402. The van der Waals surface area contributed by atoms with Crippen molar-refractivity contribution in [2.24, 2.45) is 0 Å². The number of hydrogen-bond acceptors (Lipinski definition) is 4. The van der Waals surface area contributed by atoms with Crippen LogP contribution in [0.4, 0.5) is 0 Å². The van der Waals surface area contributed by atoms with Gasteiger partial charge in [0.2, 0.25) is 0 Å². The van der Waals surface area contributed by atoms with Crippen LogP contribution in [-0.4, -0.2) is 36.0 Å². The maximum absolute atomic E-state index is 9.67. The van der Waals surface area contributed by atoms with Crippen LogP contribution < -0.4 is 5.32 Å². The zero-order chi connectivity index (χ0) is 13.2. The number of aryl methyl sites for hydroxylation is 1. The lowest BCUT2D eigenvalue weighted by Gasteiger charge is -2.12. The molecule has 1 aromatic heterocycles. The second-order valence-electron chi connectivity index (χ2n) is 4.52. The third-order valence-electron chi connectivity index (χ3n) is 2.63. The Morgan fingerprint density at radius 3 is 2.94 bits per heavy atom. The number of rotatable bonds is 9. The van der Waals surface area contributed by atoms with E-state index >= 15 is 0 Å². The van der Waals surface area contributed by atoms with Crippen molar-refractivity contribution in [2.45, 2.75) is 39.3 Å². The lowest BCUT2D eigenvalue weighted by molar-refractivity contribution is 0.0358. The molecule has 1 rings (SSSR count). The summed E-state index contributed by atoms with van der Waals surface area (Å²) in [6.07, 6.45) is 3.58. The van der Waals surface area contributed by atoms with E-state index in [4.69, 9.17) is 4.74 Å². The summed E-state index contributed by atoms with van der Waals surface area (Å²) < 4.78 is 5.35. The molecule has 102 valence electrons. The van der Waals surface area contributed by atoms with Crippen LogP contribution in [0, 0.1) is 6.92 Å². The second kappa shape index (κ2) is 9.03. The minimum atomic E-state index is -0.444. The first-order valence-corrected chi connectivity index (χ1v) is 6.60. The highest BCUT2D eigenvalue weighted by molar-refractivity contribution is 5.12. The van der Waals surface area contributed by atoms with Gasteiger partial charge in [-0.15, -0.1) is 0 Å². The van der Waals surface area contributed by atoms with Gasteiger partial charge in [0, 0.05) is 31.6 Å². The summed E-state index contributed by atoms with van der Waals surface area (Å²) >= 11 is 0. The fraction of sp³-hybridized carbons (Fsp3) is 0.643. The average Bonchev–Trinajstić information content (AvgIpc) is 2.37. The summed E-state index contributed by atoms with van der Waals surface area (Å²) in [5.41, 5.74) is 2.14. The number of ether oxygens (including phenoxy) is 1. The molecular formula is C14H24N2O2. The molecule has 4 heteroatoms. The number of pyridine rings is 1. The minimum Gasteiger partial charge on any atom is -0.389 e. The van der Waals surface area contributed by atoms with Crippen LogP contribution in [-0.2, 0) is 11.3 Å². The fourth-order valence-corrected chi connectivity index (χ4v) is 1.51. The van der Waals surface area contributed by atoms with Crippen LogP contribution in [0.1, 0.15) is 31.0 Å². The van der Waals surface area contributed by atoms with Gasteiger partial charge < -0.3 is 15.2 Å². The first-order valence-electron chi connectivity index (χ1n) is 6.60. The summed E-state index contributed by atoms with van der Waals surface area (Å²) in [6.45, 7) is 6.49.